The Balaban J connectivity index is 2.06. The third-order valence-electron chi connectivity index (χ3n) is 4.30. The Labute approximate surface area is 179 Å². The fourth-order valence-electron chi connectivity index (χ4n) is 3.09. The Hall–Kier alpha value is -2.69. The molecule has 1 amide bonds. The molecule has 166 valence electrons. The fourth-order valence-corrected chi connectivity index (χ4v) is 3.26. The van der Waals surface area contributed by atoms with Gasteiger partial charge in [0.1, 0.15) is 5.60 Å². The zero-order chi connectivity index (χ0) is 22.5. The van der Waals surface area contributed by atoms with E-state index in [9.17, 15) is 19.7 Å². The number of alkyl carbamates (subject to hydrolysis) is 1. The van der Waals surface area contributed by atoms with E-state index in [2.05, 4.69) is 20.6 Å². The van der Waals surface area contributed by atoms with Crippen LogP contribution >= 0.6 is 11.6 Å². The highest BCUT2D eigenvalue weighted by molar-refractivity contribution is 6.28. The van der Waals surface area contributed by atoms with Crippen molar-refractivity contribution < 1.29 is 24.0 Å². The molecule has 1 aliphatic carbocycles. The molecular weight excluding hydrogens is 418 g/mol. The topological polar surface area (TPSA) is 146 Å². The van der Waals surface area contributed by atoms with E-state index in [4.69, 9.17) is 21.1 Å². The number of carbonyl (C=O) groups excluding carboxylic acids is 2. The predicted molar refractivity (Wildman–Crippen MR) is 109 cm³/mol. The molecule has 0 saturated heterocycles. The summed E-state index contributed by atoms with van der Waals surface area (Å²) in [5.41, 5.74) is -1.65. The molecule has 2 N–H and O–H groups in total. The SMILES string of the molecule is CCOC(=O)c1nc(Cl)nc(NC2CCC(NC(=O)OC(C)(C)C)CC2)c1[N+](=O)[O-]. The van der Waals surface area contributed by atoms with Gasteiger partial charge in [0, 0.05) is 12.1 Å². The molecule has 30 heavy (non-hydrogen) atoms. The first-order valence-electron chi connectivity index (χ1n) is 9.65. The van der Waals surface area contributed by atoms with E-state index in [-0.39, 0.29) is 29.8 Å². The number of anilines is 1. The number of halogens is 1. The van der Waals surface area contributed by atoms with Gasteiger partial charge in [0.05, 0.1) is 11.5 Å². The predicted octanol–water partition coefficient (Wildman–Crippen LogP) is 3.46. The first-order valence-corrected chi connectivity index (χ1v) is 10.0. The Morgan fingerprint density at radius 1 is 1.20 bits per heavy atom. The van der Waals surface area contributed by atoms with Crippen molar-refractivity contribution >= 4 is 35.2 Å². The van der Waals surface area contributed by atoms with Gasteiger partial charge in [0.25, 0.3) is 0 Å². The maximum atomic E-state index is 12.1. The molecule has 11 nitrogen and oxygen atoms in total. The lowest BCUT2D eigenvalue weighted by atomic mass is 9.91. The van der Waals surface area contributed by atoms with Crippen LogP contribution in [0.25, 0.3) is 0 Å². The van der Waals surface area contributed by atoms with Crippen molar-refractivity contribution in [1.82, 2.24) is 15.3 Å². The van der Waals surface area contributed by atoms with Gasteiger partial charge in [0.2, 0.25) is 16.8 Å². The first kappa shape index (κ1) is 23.6. The lowest BCUT2D eigenvalue weighted by Crippen LogP contribution is -2.42. The minimum Gasteiger partial charge on any atom is -0.461 e. The van der Waals surface area contributed by atoms with Crippen LogP contribution in [0.15, 0.2) is 0 Å². The van der Waals surface area contributed by atoms with Crippen molar-refractivity contribution in [2.75, 3.05) is 11.9 Å². The zero-order valence-electron chi connectivity index (χ0n) is 17.4. The summed E-state index contributed by atoms with van der Waals surface area (Å²) in [7, 11) is 0. The van der Waals surface area contributed by atoms with Gasteiger partial charge in [-0.1, -0.05) is 0 Å². The number of rotatable bonds is 6. The van der Waals surface area contributed by atoms with E-state index in [1.165, 1.54) is 0 Å². The number of amides is 1. The van der Waals surface area contributed by atoms with Crippen LogP contribution in [0.5, 0.6) is 0 Å². The molecule has 0 aliphatic heterocycles. The number of nitrogens with one attached hydrogen (secondary N) is 2. The Morgan fingerprint density at radius 3 is 2.33 bits per heavy atom. The van der Waals surface area contributed by atoms with E-state index >= 15 is 0 Å². The lowest BCUT2D eigenvalue weighted by molar-refractivity contribution is -0.384. The Kier molecular flexibility index (Phi) is 7.77. The van der Waals surface area contributed by atoms with Gasteiger partial charge in [-0.05, 0) is 65.0 Å². The van der Waals surface area contributed by atoms with Crippen molar-refractivity contribution in [3.8, 4) is 0 Å². The van der Waals surface area contributed by atoms with Crippen LogP contribution in [-0.4, -0.2) is 51.2 Å². The Bertz CT molecular complexity index is 805. The van der Waals surface area contributed by atoms with E-state index in [1.54, 1.807) is 27.7 Å². The maximum Gasteiger partial charge on any atom is 0.407 e. The minimum absolute atomic E-state index is 0.0367. The van der Waals surface area contributed by atoms with Crippen LogP contribution in [0, 0.1) is 10.1 Å². The highest BCUT2D eigenvalue weighted by Gasteiger charge is 2.32. The van der Waals surface area contributed by atoms with E-state index in [0.717, 1.165) is 0 Å². The van der Waals surface area contributed by atoms with E-state index in [1.807, 2.05) is 0 Å². The molecule has 0 aromatic carbocycles. The van der Waals surface area contributed by atoms with Gasteiger partial charge in [-0.3, -0.25) is 10.1 Å². The monoisotopic (exact) mass is 443 g/mol. The summed E-state index contributed by atoms with van der Waals surface area (Å²) < 4.78 is 10.1. The van der Waals surface area contributed by atoms with Gasteiger partial charge in [-0.2, -0.15) is 4.98 Å². The largest absolute Gasteiger partial charge is 0.461 e. The summed E-state index contributed by atoms with van der Waals surface area (Å²) in [6, 6.07) is -0.210. The minimum atomic E-state index is -0.943. The second kappa shape index (κ2) is 9.88. The van der Waals surface area contributed by atoms with E-state index < -0.39 is 34.0 Å². The zero-order valence-corrected chi connectivity index (χ0v) is 18.1. The molecule has 1 aromatic rings. The summed E-state index contributed by atoms with van der Waals surface area (Å²) in [6.07, 6.45) is 2.06. The van der Waals surface area contributed by atoms with Crippen molar-refractivity contribution in [2.45, 2.75) is 71.1 Å². The van der Waals surface area contributed by atoms with Gasteiger partial charge in [0.15, 0.2) is 0 Å². The van der Waals surface area contributed by atoms with Gasteiger partial charge in [-0.15, -0.1) is 0 Å². The molecule has 1 aliphatic rings. The summed E-state index contributed by atoms with van der Waals surface area (Å²) in [5, 5.41) is 17.1. The normalized spacial score (nSPS) is 19.0. The summed E-state index contributed by atoms with van der Waals surface area (Å²) >= 11 is 5.87. The molecule has 0 radical (unpaired) electrons. The summed E-state index contributed by atoms with van der Waals surface area (Å²) in [6.45, 7) is 6.98. The van der Waals surface area contributed by atoms with Crippen LogP contribution in [0.3, 0.4) is 0 Å². The molecule has 1 fully saturated rings. The third-order valence-corrected chi connectivity index (χ3v) is 4.47. The number of esters is 1. The second-order valence-electron chi connectivity index (χ2n) is 7.86. The quantitative estimate of drug-likeness (QED) is 0.292. The number of nitro groups is 1. The second-order valence-corrected chi connectivity index (χ2v) is 8.19. The highest BCUT2D eigenvalue weighted by Crippen LogP contribution is 2.31. The van der Waals surface area contributed by atoms with Crippen LogP contribution in [0.2, 0.25) is 5.28 Å². The van der Waals surface area contributed by atoms with Crippen LogP contribution < -0.4 is 10.6 Å². The maximum absolute atomic E-state index is 12.1. The molecule has 1 saturated carbocycles. The van der Waals surface area contributed by atoms with Gasteiger partial charge >= 0.3 is 17.7 Å². The van der Waals surface area contributed by atoms with E-state index in [0.29, 0.717) is 25.7 Å². The number of hydrogen-bond acceptors (Lipinski definition) is 9. The van der Waals surface area contributed by atoms with Crippen molar-refractivity contribution in [2.24, 2.45) is 0 Å². The van der Waals surface area contributed by atoms with Crippen LogP contribution in [-0.2, 0) is 9.47 Å². The number of aromatic nitrogens is 2. The number of carbonyl (C=O) groups is 2. The molecule has 1 aromatic heterocycles. The van der Waals surface area contributed by atoms with Crippen molar-refractivity contribution in [1.29, 1.82) is 0 Å². The number of nitrogens with zero attached hydrogens (tertiary/aromatic N) is 3. The summed E-state index contributed by atoms with van der Waals surface area (Å²) in [5.74, 6) is -1.08. The lowest BCUT2D eigenvalue weighted by Gasteiger charge is -2.30. The van der Waals surface area contributed by atoms with Crippen molar-refractivity contribution in [3.63, 3.8) is 0 Å². The first-order chi connectivity index (χ1) is 14.0. The molecule has 0 unspecified atom stereocenters. The molecule has 1 heterocycles. The fraction of sp³-hybridized carbons (Fsp3) is 0.667. The molecule has 0 bridgehead atoms. The molecule has 0 atom stereocenters. The Morgan fingerprint density at radius 2 is 1.80 bits per heavy atom. The van der Waals surface area contributed by atoms with Crippen LogP contribution in [0.4, 0.5) is 16.3 Å². The molecular formula is C18H26ClN5O6. The highest BCUT2D eigenvalue weighted by atomic mass is 35.5. The average molecular weight is 444 g/mol. The van der Waals surface area contributed by atoms with Gasteiger partial charge in [-0.25, -0.2) is 14.6 Å². The molecule has 12 heteroatoms. The van der Waals surface area contributed by atoms with Crippen LogP contribution in [0.1, 0.15) is 63.9 Å². The van der Waals surface area contributed by atoms with Crippen molar-refractivity contribution in [3.05, 3.63) is 21.1 Å². The summed E-state index contributed by atoms with van der Waals surface area (Å²) in [4.78, 5) is 42.4. The smallest absolute Gasteiger partial charge is 0.407 e. The molecule has 0 spiro atoms. The standard InChI is InChI=1S/C18H26ClN5O6/c1-5-29-15(25)12-13(24(27)28)14(23-16(19)22-12)20-10-6-8-11(9-7-10)21-17(26)30-18(2,3)4/h10-11H,5-9H2,1-4H3,(H,21,26)(H,20,22,23). The number of hydrogen-bond donors (Lipinski definition) is 2. The number of ether oxygens (including phenoxy) is 2. The third kappa shape index (κ3) is 6.68. The van der Waals surface area contributed by atoms with Gasteiger partial charge < -0.3 is 20.1 Å². The average Bonchev–Trinajstić information content (AvgIpc) is 2.61. The molecule has 2 rings (SSSR count).